The smallest absolute Gasteiger partial charge is 0.164 e. The second kappa shape index (κ2) is 5.26. The summed E-state index contributed by atoms with van der Waals surface area (Å²) in [7, 11) is 0. The van der Waals surface area contributed by atoms with Crippen molar-refractivity contribution < 1.29 is 19.0 Å². The molecule has 4 atom stereocenters. The second-order valence-corrected chi connectivity index (χ2v) is 6.20. The highest BCUT2D eigenvalue weighted by Gasteiger charge is 2.55. The van der Waals surface area contributed by atoms with Crippen molar-refractivity contribution in [1.29, 1.82) is 0 Å². The summed E-state index contributed by atoms with van der Waals surface area (Å²) in [5, 5.41) is 3.23. The van der Waals surface area contributed by atoms with Gasteiger partial charge in [-0.1, -0.05) is 0 Å². The van der Waals surface area contributed by atoms with E-state index in [0.717, 1.165) is 17.5 Å². The van der Waals surface area contributed by atoms with E-state index in [4.69, 9.17) is 14.2 Å². The molecule has 1 N–H and O–H groups in total. The van der Waals surface area contributed by atoms with Crippen LogP contribution in [0.3, 0.4) is 0 Å². The molecule has 120 valence electrons. The first-order valence-electron chi connectivity index (χ1n) is 7.35. The molecule has 7 heteroatoms. The molecule has 0 radical (unpaired) electrons. The number of carbonyl (C=O) groups excluding carboxylic acids is 1. The first-order valence-corrected chi connectivity index (χ1v) is 7.35. The number of carbonyl (C=O) groups is 1. The van der Waals surface area contributed by atoms with Gasteiger partial charge in [0.05, 0.1) is 0 Å². The molecule has 2 aliphatic heterocycles. The third-order valence-corrected chi connectivity index (χ3v) is 4.00. The van der Waals surface area contributed by atoms with Crippen molar-refractivity contribution in [2.75, 3.05) is 5.32 Å². The predicted molar refractivity (Wildman–Crippen MR) is 78.4 cm³/mol. The summed E-state index contributed by atoms with van der Waals surface area (Å²) in [6, 6.07) is 0. The second-order valence-electron chi connectivity index (χ2n) is 6.20. The van der Waals surface area contributed by atoms with Gasteiger partial charge >= 0.3 is 0 Å². The Morgan fingerprint density at radius 3 is 2.50 bits per heavy atom. The van der Waals surface area contributed by atoms with Crippen LogP contribution in [-0.4, -0.2) is 46.6 Å². The summed E-state index contributed by atoms with van der Waals surface area (Å²) in [6.45, 7) is 9.36. The Hall–Kier alpha value is -1.57. The van der Waals surface area contributed by atoms with E-state index < -0.39 is 24.2 Å². The number of ether oxygens (including phenoxy) is 3. The fourth-order valence-electron chi connectivity index (χ4n) is 2.90. The highest BCUT2D eigenvalue weighted by molar-refractivity contribution is 5.59. The molecule has 22 heavy (non-hydrogen) atoms. The first kappa shape index (κ1) is 15.3. The van der Waals surface area contributed by atoms with Gasteiger partial charge in [-0.05, 0) is 34.6 Å². The van der Waals surface area contributed by atoms with E-state index in [-0.39, 0.29) is 6.10 Å². The molecule has 0 aliphatic carbocycles. The third kappa shape index (κ3) is 2.60. The van der Waals surface area contributed by atoms with Crippen LogP contribution < -0.4 is 5.32 Å². The topological polar surface area (TPSA) is 82.6 Å². The lowest BCUT2D eigenvalue weighted by Gasteiger charge is -2.24. The average molecular weight is 307 g/mol. The van der Waals surface area contributed by atoms with Crippen LogP contribution in [0.15, 0.2) is 0 Å². The molecular formula is C15H21N3O4. The summed E-state index contributed by atoms with van der Waals surface area (Å²) < 4.78 is 17.4. The van der Waals surface area contributed by atoms with Gasteiger partial charge in [0.15, 0.2) is 18.3 Å². The Kier molecular flexibility index (Phi) is 3.66. The van der Waals surface area contributed by atoms with Crippen LogP contribution in [0.25, 0.3) is 0 Å². The maximum absolute atomic E-state index is 11.2. The van der Waals surface area contributed by atoms with Crippen molar-refractivity contribution in [1.82, 2.24) is 9.97 Å². The van der Waals surface area contributed by atoms with E-state index in [1.807, 2.05) is 34.6 Å². The number of aryl methyl sites for hydroxylation is 2. The predicted octanol–water partition coefficient (Wildman–Crippen LogP) is 1.26. The van der Waals surface area contributed by atoms with E-state index in [1.165, 1.54) is 0 Å². The zero-order valence-electron chi connectivity index (χ0n) is 13.4. The number of hydrogen-bond acceptors (Lipinski definition) is 7. The van der Waals surface area contributed by atoms with Crippen LogP contribution in [0.4, 0.5) is 5.82 Å². The number of aromatic nitrogens is 2. The highest BCUT2D eigenvalue weighted by Crippen LogP contribution is 2.38. The SMILES string of the molecule is Cc1nc(C)c(C)c(N[C@@H]2O[C@H](C=O)[C@H]3OC(C)(C)O[C@H]32)n1. The van der Waals surface area contributed by atoms with Gasteiger partial charge in [0, 0.05) is 11.3 Å². The summed E-state index contributed by atoms with van der Waals surface area (Å²) in [5.41, 5.74) is 1.85. The number of fused-ring (bicyclic) bond motifs is 1. The van der Waals surface area contributed by atoms with Crippen molar-refractivity contribution in [3.05, 3.63) is 17.1 Å². The van der Waals surface area contributed by atoms with Gasteiger partial charge in [-0.25, -0.2) is 9.97 Å². The monoisotopic (exact) mass is 307 g/mol. The molecule has 2 saturated heterocycles. The molecule has 1 aromatic rings. The van der Waals surface area contributed by atoms with E-state index >= 15 is 0 Å². The van der Waals surface area contributed by atoms with Crippen molar-refractivity contribution in [3.8, 4) is 0 Å². The molecule has 3 heterocycles. The minimum atomic E-state index is -0.729. The standard InChI is InChI=1S/C15H21N3O4/c1-7-8(2)16-9(3)17-13(7)18-14-12-11(10(6-19)20-14)21-15(4,5)22-12/h6,10-12,14H,1-5H3,(H,16,17,18)/t10-,11-,12-,14-/m1/s1. The van der Waals surface area contributed by atoms with Crippen LogP contribution in [0.2, 0.25) is 0 Å². The third-order valence-electron chi connectivity index (χ3n) is 4.00. The van der Waals surface area contributed by atoms with E-state index in [1.54, 1.807) is 0 Å². The van der Waals surface area contributed by atoms with Gasteiger partial charge < -0.3 is 24.3 Å². The lowest BCUT2D eigenvalue weighted by atomic mass is 10.1. The minimum Gasteiger partial charge on any atom is -0.342 e. The number of anilines is 1. The van der Waals surface area contributed by atoms with Gasteiger partial charge in [0.25, 0.3) is 0 Å². The number of nitrogens with one attached hydrogen (secondary N) is 1. The van der Waals surface area contributed by atoms with Crippen LogP contribution in [0, 0.1) is 20.8 Å². The average Bonchev–Trinajstić information content (AvgIpc) is 2.89. The van der Waals surface area contributed by atoms with Crippen molar-refractivity contribution >= 4 is 12.1 Å². The van der Waals surface area contributed by atoms with Crippen molar-refractivity contribution in [2.24, 2.45) is 0 Å². The fraction of sp³-hybridized carbons (Fsp3) is 0.667. The summed E-state index contributed by atoms with van der Waals surface area (Å²) in [5.74, 6) is 0.636. The Morgan fingerprint density at radius 2 is 1.82 bits per heavy atom. The van der Waals surface area contributed by atoms with Crippen LogP contribution in [-0.2, 0) is 19.0 Å². The molecule has 2 fully saturated rings. The lowest BCUT2D eigenvalue weighted by Crippen LogP contribution is -2.35. The molecule has 2 aliphatic rings. The van der Waals surface area contributed by atoms with Gasteiger partial charge in [0.2, 0.25) is 0 Å². The summed E-state index contributed by atoms with van der Waals surface area (Å²) in [4.78, 5) is 20.0. The number of aldehydes is 1. The first-order chi connectivity index (χ1) is 10.3. The molecular weight excluding hydrogens is 286 g/mol. The highest BCUT2D eigenvalue weighted by atomic mass is 16.8. The van der Waals surface area contributed by atoms with E-state index in [2.05, 4.69) is 15.3 Å². The molecule has 0 spiro atoms. The Morgan fingerprint density at radius 1 is 1.14 bits per heavy atom. The number of rotatable bonds is 3. The molecule has 0 unspecified atom stereocenters. The largest absolute Gasteiger partial charge is 0.342 e. The van der Waals surface area contributed by atoms with E-state index in [0.29, 0.717) is 11.6 Å². The van der Waals surface area contributed by atoms with Gasteiger partial charge in [-0.15, -0.1) is 0 Å². The summed E-state index contributed by atoms with van der Waals surface area (Å²) >= 11 is 0. The van der Waals surface area contributed by atoms with Crippen LogP contribution >= 0.6 is 0 Å². The molecule has 1 aromatic heterocycles. The zero-order chi connectivity index (χ0) is 16.1. The van der Waals surface area contributed by atoms with Gasteiger partial charge in [0.1, 0.15) is 30.0 Å². The lowest BCUT2D eigenvalue weighted by molar-refractivity contribution is -0.183. The normalized spacial score (nSPS) is 32.8. The molecule has 0 amide bonds. The van der Waals surface area contributed by atoms with Crippen molar-refractivity contribution in [2.45, 2.75) is 64.9 Å². The zero-order valence-corrected chi connectivity index (χ0v) is 13.4. The number of nitrogens with zero attached hydrogens (tertiary/aromatic N) is 2. The van der Waals surface area contributed by atoms with Gasteiger partial charge in [-0.2, -0.15) is 0 Å². The number of hydrogen-bond donors (Lipinski definition) is 1. The molecule has 0 bridgehead atoms. The molecule has 0 saturated carbocycles. The molecule has 7 nitrogen and oxygen atoms in total. The Balaban J connectivity index is 1.85. The Bertz CT molecular complexity index is 605. The minimum absolute atomic E-state index is 0.361. The maximum atomic E-state index is 11.2. The maximum Gasteiger partial charge on any atom is 0.164 e. The summed E-state index contributed by atoms with van der Waals surface area (Å²) in [6.07, 6.45) is -1.15. The molecule has 3 rings (SSSR count). The van der Waals surface area contributed by atoms with Crippen LogP contribution in [0.5, 0.6) is 0 Å². The fourth-order valence-corrected chi connectivity index (χ4v) is 2.90. The molecule has 0 aromatic carbocycles. The van der Waals surface area contributed by atoms with E-state index in [9.17, 15) is 4.79 Å². The Labute approximate surface area is 129 Å². The van der Waals surface area contributed by atoms with Crippen molar-refractivity contribution in [3.63, 3.8) is 0 Å². The van der Waals surface area contributed by atoms with Crippen LogP contribution in [0.1, 0.15) is 30.9 Å². The quantitative estimate of drug-likeness (QED) is 0.842. The van der Waals surface area contributed by atoms with Gasteiger partial charge in [-0.3, -0.25) is 0 Å².